The molecule has 2 nitrogen and oxygen atoms in total. The van der Waals surface area contributed by atoms with Crippen molar-refractivity contribution >= 4 is 23.1 Å². The van der Waals surface area contributed by atoms with E-state index in [1.54, 1.807) is 6.92 Å². The van der Waals surface area contributed by atoms with E-state index < -0.39 is 0 Å². The Morgan fingerprint density at radius 3 is 2.87 bits per heavy atom. The highest BCUT2D eigenvalue weighted by Gasteiger charge is 1.99. The van der Waals surface area contributed by atoms with Crippen molar-refractivity contribution in [3.63, 3.8) is 0 Å². The standard InChI is InChI=1S/C12H16ClNO/c1-9-5-6-11(13)8-12(9)14-7-3-4-10(2)15/h5-6,8,14H,3-4,7H2,1-2H3. The van der Waals surface area contributed by atoms with Crippen LogP contribution in [-0.4, -0.2) is 12.3 Å². The summed E-state index contributed by atoms with van der Waals surface area (Å²) in [4.78, 5) is 10.7. The lowest BCUT2D eigenvalue weighted by Gasteiger charge is -2.09. The van der Waals surface area contributed by atoms with Gasteiger partial charge in [-0.3, -0.25) is 0 Å². The van der Waals surface area contributed by atoms with E-state index in [-0.39, 0.29) is 5.78 Å². The fourth-order valence-electron chi connectivity index (χ4n) is 1.35. The first kappa shape index (κ1) is 12.1. The summed E-state index contributed by atoms with van der Waals surface area (Å²) in [5, 5.41) is 4.00. The maximum Gasteiger partial charge on any atom is 0.129 e. The summed E-state index contributed by atoms with van der Waals surface area (Å²) in [5.74, 6) is 0.236. The minimum Gasteiger partial charge on any atom is -0.385 e. The van der Waals surface area contributed by atoms with Crippen LogP contribution >= 0.6 is 11.6 Å². The van der Waals surface area contributed by atoms with E-state index >= 15 is 0 Å². The van der Waals surface area contributed by atoms with Gasteiger partial charge in [-0.25, -0.2) is 0 Å². The van der Waals surface area contributed by atoms with E-state index in [1.807, 2.05) is 25.1 Å². The molecule has 0 bridgehead atoms. The molecule has 0 spiro atoms. The smallest absolute Gasteiger partial charge is 0.129 e. The Bertz CT molecular complexity index is 349. The predicted octanol–water partition coefficient (Wildman–Crippen LogP) is 3.43. The Balaban J connectivity index is 2.43. The number of hydrogen-bond acceptors (Lipinski definition) is 2. The van der Waals surface area contributed by atoms with Crippen molar-refractivity contribution in [1.82, 2.24) is 0 Å². The number of hydrogen-bond donors (Lipinski definition) is 1. The van der Waals surface area contributed by atoms with Crippen molar-refractivity contribution in [1.29, 1.82) is 0 Å². The molecular formula is C12H16ClNO. The molecule has 1 aromatic carbocycles. The highest BCUT2D eigenvalue weighted by Crippen LogP contribution is 2.19. The van der Waals surface area contributed by atoms with Crippen molar-refractivity contribution in [2.24, 2.45) is 0 Å². The molecule has 1 rings (SSSR count). The summed E-state index contributed by atoms with van der Waals surface area (Å²) in [5.41, 5.74) is 2.22. The van der Waals surface area contributed by atoms with Crippen LogP contribution in [0.2, 0.25) is 5.02 Å². The lowest BCUT2D eigenvalue weighted by Crippen LogP contribution is -2.04. The van der Waals surface area contributed by atoms with E-state index in [1.165, 1.54) is 5.56 Å². The van der Waals surface area contributed by atoms with Crippen molar-refractivity contribution in [3.05, 3.63) is 28.8 Å². The molecule has 0 aromatic heterocycles. The van der Waals surface area contributed by atoms with Gasteiger partial charge < -0.3 is 10.1 Å². The van der Waals surface area contributed by atoms with Gasteiger partial charge in [0.1, 0.15) is 5.78 Å². The highest BCUT2D eigenvalue weighted by atomic mass is 35.5. The molecule has 0 aliphatic carbocycles. The number of rotatable bonds is 5. The second-order valence-electron chi connectivity index (χ2n) is 3.69. The SMILES string of the molecule is CC(=O)CCCNc1cc(Cl)ccc1C. The van der Waals surface area contributed by atoms with Gasteiger partial charge in [-0.05, 0) is 38.0 Å². The molecule has 0 heterocycles. The predicted molar refractivity (Wildman–Crippen MR) is 64.6 cm³/mol. The average Bonchev–Trinajstić information content (AvgIpc) is 2.17. The van der Waals surface area contributed by atoms with Crippen LogP contribution in [0.25, 0.3) is 0 Å². The van der Waals surface area contributed by atoms with Crippen LogP contribution in [0.4, 0.5) is 5.69 Å². The van der Waals surface area contributed by atoms with Crippen LogP contribution in [0.3, 0.4) is 0 Å². The molecule has 0 unspecified atom stereocenters. The van der Waals surface area contributed by atoms with Gasteiger partial charge in [0, 0.05) is 23.7 Å². The Labute approximate surface area is 95.6 Å². The van der Waals surface area contributed by atoms with Crippen molar-refractivity contribution < 1.29 is 4.79 Å². The average molecular weight is 226 g/mol. The maximum atomic E-state index is 10.7. The summed E-state index contributed by atoms with van der Waals surface area (Å²) in [6.07, 6.45) is 1.49. The topological polar surface area (TPSA) is 29.1 Å². The van der Waals surface area contributed by atoms with Crippen molar-refractivity contribution in [2.75, 3.05) is 11.9 Å². The van der Waals surface area contributed by atoms with Gasteiger partial charge in [-0.1, -0.05) is 17.7 Å². The van der Waals surface area contributed by atoms with Crippen LogP contribution in [0.5, 0.6) is 0 Å². The molecule has 0 atom stereocenters. The maximum absolute atomic E-state index is 10.7. The first-order chi connectivity index (χ1) is 7.09. The fraction of sp³-hybridized carbons (Fsp3) is 0.417. The second kappa shape index (κ2) is 5.76. The van der Waals surface area contributed by atoms with Gasteiger partial charge >= 0.3 is 0 Å². The van der Waals surface area contributed by atoms with E-state index in [0.29, 0.717) is 6.42 Å². The second-order valence-corrected chi connectivity index (χ2v) is 4.13. The first-order valence-electron chi connectivity index (χ1n) is 5.09. The van der Waals surface area contributed by atoms with Crippen LogP contribution in [0, 0.1) is 6.92 Å². The largest absolute Gasteiger partial charge is 0.385 e. The minimum absolute atomic E-state index is 0.236. The molecule has 0 fully saturated rings. The van der Waals surface area contributed by atoms with Crippen LogP contribution in [0.15, 0.2) is 18.2 Å². The van der Waals surface area contributed by atoms with Crippen molar-refractivity contribution in [3.8, 4) is 0 Å². The molecule has 15 heavy (non-hydrogen) atoms. The van der Waals surface area contributed by atoms with E-state index in [2.05, 4.69) is 5.32 Å². The van der Waals surface area contributed by atoms with Crippen LogP contribution in [-0.2, 0) is 4.79 Å². The first-order valence-corrected chi connectivity index (χ1v) is 5.47. The van der Waals surface area contributed by atoms with Gasteiger partial charge in [0.25, 0.3) is 0 Å². The molecule has 0 aliphatic rings. The van der Waals surface area contributed by atoms with Gasteiger partial charge in [0.15, 0.2) is 0 Å². The lowest BCUT2D eigenvalue weighted by molar-refractivity contribution is -0.117. The third-order valence-corrected chi connectivity index (χ3v) is 2.46. The summed E-state index contributed by atoms with van der Waals surface area (Å²) in [7, 11) is 0. The highest BCUT2D eigenvalue weighted by molar-refractivity contribution is 6.30. The molecule has 1 N–H and O–H groups in total. The molecule has 0 saturated heterocycles. The summed E-state index contributed by atoms with van der Waals surface area (Å²) >= 11 is 5.89. The zero-order valence-electron chi connectivity index (χ0n) is 9.14. The number of ketones is 1. The summed E-state index contributed by atoms with van der Waals surface area (Å²) in [6.45, 7) is 4.45. The molecule has 0 radical (unpaired) electrons. The van der Waals surface area contributed by atoms with Gasteiger partial charge in [0.2, 0.25) is 0 Å². The molecule has 0 aliphatic heterocycles. The lowest BCUT2D eigenvalue weighted by atomic mass is 10.2. The Morgan fingerprint density at radius 1 is 1.47 bits per heavy atom. The van der Waals surface area contributed by atoms with Gasteiger partial charge in [-0.2, -0.15) is 0 Å². The molecule has 0 saturated carbocycles. The van der Waals surface area contributed by atoms with Gasteiger partial charge in [0.05, 0.1) is 0 Å². The number of carbonyl (C=O) groups excluding carboxylic acids is 1. The summed E-state index contributed by atoms with van der Waals surface area (Å²) < 4.78 is 0. The van der Waals surface area contributed by atoms with Crippen LogP contribution < -0.4 is 5.32 Å². The number of aryl methyl sites for hydroxylation is 1. The quantitative estimate of drug-likeness (QED) is 0.778. The molecule has 3 heteroatoms. The Morgan fingerprint density at radius 2 is 2.20 bits per heavy atom. The zero-order chi connectivity index (χ0) is 11.3. The monoisotopic (exact) mass is 225 g/mol. The van der Waals surface area contributed by atoms with E-state index in [9.17, 15) is 4.79 Å². The Hall–Kier alpha value is -1.02. The van der Waals surface area contributed by atoms with Crippen LogP contribution in [0.1, 0.15) is 25.3 Å². The summed E-state index contributed by atoms with van der Waals surface area (Å²) in [6, 6.07) is 5.76. The molecule has 1 aromatic rings. The third-order valence-electron chi connectivity index (χ3n) is 2.22. The number of benzene rings is 1. The van der Waals surface area contributed by atoms with E-state index in [4.69, 9.17) is 11.6 Å². The minimum atomic E-state index is 0.236. The van der Waals surface area contributed by atoms with Gasteiger partial charge in [-0.15, -0.1) is 0 Å². The normalized spacial score (nSPS) is 10.1. The third kappa shape index (κ3) is 4.34. The number of Topliss-reactive ketones (excluding diaryl/α,β-unsaturated/α-hetero) is 1. The van der Waals surface area contributed by atoms with Crippen molar-refractivity contribution in [2.45, 2.75) is 26.7 Å². The number of halogens is 1. The molecule has 82 valence electrons. The molecule has 0 amide bonds. The molecular weight excluding hydrogens is 210 g/mol. The van der Waals surface area contributed by atoms with E-state index in [0.717, 1.165) is 23.7 Å². The fourth-order valence-corrected chi connectivity index (χ4v) is 1.52. The zero-order valence-corrected chi connectivity index (χ0v) is 9.90. The number of carbonyl (C=O) groups is 1. The number of anilines is 1. The number of nitrogens with one attached hydrogen (secondary N) is 1. The Kier molecular flexibility index (Phi) is 4.63.